The summed E-state index contributed by atoms with van der Waals surface area (Å²) in [6.07, 6.45) is 3.23. The molecule has 0 saturated heterocycles. The van der Waals surface area contributed by atoms with Crippen molar-refractivity contribution in [2.24, 2.45) is 0 Å². The highest BCUT2D eigenvalue weighted by molar-refractivity contribution is 6.37. The molecule has 0 unspecified atom stereocenters. The standard InChI is InChI=1S/C14H13Cl2N3O2/c1-2-7-17-14(20)12-6-8-19(18-12)9-21-13-10(15)4-3-5-11(13)16/h2-6,8H,1,7,9H2,(H,17,20). The summed E-state index contributed by atoms with van der Waals surface area (Å²) in [6.45, 7) is 4.01. The molecule has 0 saturated carbocycles. The Balaban J connectivity index is 2.00. The van der Waals surface area contributed by atoms with E-state index < -0.39 is 0 Å². The van der Waals surface area contributed by atoms with Gasteiger partial charge in [-0.25, -0.2) is 4.68 Å². The van der Waals surface area contributed by atoms with Gasteiger partial charge in [-0.3, -0.25) is 4.79 Å². The maximum Gasteiger partial charge on any atom is 0.272 e. The average molecular weight is 326 g/mol. The number of halogens is 2. The number of ether oxygens (including phenoxy) is 1. The molecule has 1 aromatic carbocycles. The minimum atomic E-state index is -0.274. The van der Waals surface area contributed by atoms with Crippen molar-refractivity contribution < 1.29 is 9.53 Å². The van der Waals surface area contributed by atoms with Crippen LogP contribution in [0.2, 0.25) is 10.0 Å². The van der Waals surface area contributed by atoms with E-state index in [9.17, 15) is 4.79 Å². The first-order chi connectivity index (χ1) is 10.1. The fourth-order valence-electron chi connectivity index (χ4n) is 1.56. The molecule has 1 amide bonds. The van der Waals surface area contributed by atoms with Gasteiger partial charge < -0.3 is 10.1 Å². The molecule has 0 aliphatic carbocycles. The number of hydrogen-bond acceptors (Lipinski definition) is 3. The largest absolute Gasteiger partial charge is 0.468 e. The molecule has 1 heterocycles. The van der Waals surface area contributed by atoms with Crippen molar-refractivity contribution >= 4 is 29.1 Å². The molecule has 5 nitrogen and oxygen atoms in total. The van der Waals surface area contributed by atoms with E-state index in [1.165, 1.54) is 4.68 Å². The molecule has 0 aliphatic heterocycles. The van der Waals surface area contributed by atoms with Crippen LogP contribution < -0.4 is 10.1 Å². The number of amides is 1. The summed E-state index contributed by atoms with van der Waals surface area (Å²) in [5.41, 5.74) is 0.297. The second-order valence-corrected chi connectivity index (χ2v) is 4.88. The first-order valence-electron chi connectivity index (χ1n) is 6.11. The summed E-state index contributed by atoms with van der Waals surface area (Å²) >= 11 is 12.0. The van der Waals surface area contributed by atoms with Crippen LogP contribution in [-0.4, -0.2) is 22.2 Å². The van der Waals surface area contributed by atoms with Crippen molar-refractivity contribution in [1.82, 2.24) is 15.1 Å². The SMILES string of the molecule is C=CCNC(=O)c1ccn(COc2c(Cl)cccc2Cl)n1. The zero-order valence-electron chi connectivity index (χ0n) is 11.1. The Hall–Kier alpha value is -1.98. The Morgan fingerprint density at radius 2 is 2.10 bits per heavy atom. The Morgan fingerprint density at radius 3 is 2.76 bits per heavy atom. The van der Waals surface area contributed by atoms with Gasteiger partial charge in [0.15, 0.2) is 12.5 Å². The summed E-state index contributed by atoms with van der Waals surface area (Å²) < 4.78 is 6.99. The lowest BCUT2D eigenvalue weighted by molar-refractivity contribution is 0.0951. The Morgan fingerprint density at radius 1 is 1.38 bits per heavy atom. The molecule has 21 heavy (non-hydrogen) atoms. The summed E-state index contributed by atoms with van der Waals surface area (Å²) in [7, 11) is 0. The first kappa shape index (κ1) is 15.4. The molecular weight excluding hydrogens is 313 g/mol. The van der Waals surface area contributed by atoms with Crippen molar-refractivity contribution in [3.63, 3.8) is 0 Å². The van der Waals surface area contributed by atoms with Crippen LogP contribution >= 0.6 is 23.2 Å². The molecule has 0 atom stereocenters. The number of hydrogen-bond donors (Lipinski definition) is 1. The summed E-state index contributed by atoms with van der Waals surface area (Å²) in [5.74, 6) is 0.110. The molecule has 2 rings (SSSR count). The smallest absolute Gasteiger partial charge is 0.272 e. The van der Waals surface area contributed by atoms with Gasteiger partial charge in [0.2, 0.25) is 0 Å². The molecular formula is C14H13Cl2N3O2. The highest BCUT2D eigenvalue weighted by atomic mass is 35.5. The zero-order chi connectivity index (χ0) is 15.2. The molecule has 1 N–H and O–H groups in total. The third-order valence-electron chi connectivity index (χ3n) is 2.54. The van der Waals surface area contributed by atoms with Gasteiger partial charge in [0.25, 0.3) is 5.91 Å². The summed E-state index contributed by atoms with van der Waals surface area (Å²) in [4.78, 5) is 11.7. The number of rotatable bonds is 6. The molecule has 0 spiro atoms. The molecule has 2 aromatic rings. The van der Waals surface area contributed by atoms with Gasteiger partial charge in [-0.15, -0.1) is 6.58 Å². The Labute approximate surface area is 132 Å². The van der Waals surface area contributed by atoms with Crippen molar-refractivity contribution in [2.75, 3.05) is 6.54 Å². The van der Waals surface area contributed by atoms with Crippen LogP contribution in [0.25, 0.3) is 0 Å². The number of carbonyl (C=O) groups is 1. The molecule has 0 bridgehead atoms. The van der Waals surface area contributed by atoms with E-state index in [0.29, 0.717) is 28.0 Å². The monoisotopic (exact) mass is 325 g/mol. The van der Waals surface area contributed by atoms with E-state index >= 15 is 0 Å². The maximum absolute atomic E-state index is 11.7. The molecule has 1 aromatic heterocycles. The quantitative estimate of drug-likeness (QED) is 0.830. The fraction of sp³-hybridized carbons (Fsp3) is 0.143. The van der Waals surface area contributed by atoms with Crippen LogP contribution in [0.4, 0.5) is 0 Å². The number of aromatic nitrogens is 2. The van der Waals surface area contributed by atoms with Gasteiger partial charge in [0, 0.05) is 12.7 Å². The number of nitrogens with zero attached hydrogens (tertiary/aromatic N) is 2. The fourth-order valence-corrected chi connectivity index (χ4v) is 2.07. The number of benzene rings is 1. The van der Waals surface area contributed by atoms with E-state index in [1.54, 1.807) is 36.5 Å². The highest BCUT2D eigenvalue weighted by Gasteiger charge is 2.10. The van der Waals surface area contributed by atoms with E-state index in [4.69, 9.17) is 27.9 Å². The maximum atomic E-state index is 11.7. The van der Waals surface area contributed by atoms with E-state index in [1.807, 2.05) is 0 Å². The molecule has 110 valence electrons. The van der Waals surface area contributed by atoms with E-state index in [0.717, 1.165) is 0 Å². The Kier molecular flexibility index (Phi) is 5.25. The van der Waals surface area contributed by atoms with E-state index in [2.05, 4.69) is 17.0 Å². The second-order valence-electron chi connectivity index (χ2n) is 4.06. The van der Waals surface area contributed by atoms with Crippen LogP contribution in [0, 0.1) is 0 Å². The lowest BCUT2D eigenvalue weighted by Gasteiger charge is -2.09. The molecule has 7 heteroatoms. The van der Waals surface area contributed by atoms with Gasteiger partial charge in [-0.2, -0.15) is 5.10 Å². The molecule has 0 radical (unpaired) electrons. The van der Waals surface area contributed by atoms with Crippen molar-refractivity contribution in [1.29, 1.82) is 0 Å². The van der Waals surface area contributed by atoms with Gasteiger partial charge in [0.1, 0.15) is 5.69 Å². The van der Waals surface area contributed by atoms with Gasteiger partial charge in [-0.05, 0) is 18.2 Å². The zero-order valence-corrected chi connectivity index (χ0v) is 12.6. The third kappa shape index (κ3) is 4.00. The van der Waals surface area contributed by atoms with Gasteiger partial charge >= 0.3 is 0 Å². The number of carbonyl (C=O) groups excluding carboxylic acids is 1. The van der Waals surface area contributed by atoms with Crippen molar-refractivity contribution in [2.45, 2.75) is 6.73 Å². The topological polar surface area (TPSA) is 56.2 Å². The minimum absolute atomic E-state index is 0.0954. The first-order valence-corrected chi connectivity index (χ1v) is 6.86. The van der Waals surface area contributed by atoms with Crippen LogP contribution in [-0.2, 0) is 6.73 Å². The molecule has 0 aliphatic rings. The predicted molar refractivity (Wildman–Crippen MR) is 81.8 cm³/mol. The van der Waals surface area contributed by atoms with Crippen LogP contribution in [0.5, 0.6) is 5.75 Å². The minimum Gasteiger partial charge on any atom is -0.468 e. The van der Waals surface area contributed by atoms with Gasteiger partial charge in [0.05, 0.1) is 10.0 Å². The lowest BCUT2D eigenvalue weighted by atomic mass is 10.3. The van der Waals surface area contributed by atoms with Crippen molar-refractivity contribution in [3.05, 3.63) is 58.9 Å². The van der Waals surface area contributed by atoms with Crippen molar-refractivity contribution in [3.8, 4) is 5.75 Å². The molecule has 0 fully saturated rings. The van der Waals surface area contributed by atoms with Crippen LogP contribution in [0.3, 0.4) is 0 Å². The number of para-hydroxylation sites is 1. The number of nitrogens with one attached hydrogen (secondary N) is 1. The van der Waals surface area contributed by atoms with Crippen LogP contribution in [0.15, 0.2) is 43.1 Å². The average Bonchev–Trinajstić information content (AvgIpc) is 2.93. The van der Waals surface area contributed by atoms with E-state index in [-0.39, 0.29) is 12.6 Å². The predicted octanol–water partition coefficient (Wildman–Crippen LogP) is 3.14. The highest BCUT2D eigenvalue weighted by Crippen LogP contribution is 2.32. The normalized spacial score (nSPS) is 10.2. The Bertz CT molecular complexity index is 635. The summed E-state index contributed by atoms with van der Waals surface area (Å²) in [6, 6.07) is 6.68. The van der Waals surface area contributed by atoms with Crippen LogP contribution in [0.1, 0.15) is 10.5 Å². The third-order valence-corrected chi connectivity index (χ3v) is 3.14. The van der Waals surface area contributed by atoms with Gasteiger partial charge in [-0.1, -0.05) is 35.3 Å². The second kappa shape index (κ2) is 7.15. The summed E-state index contributed by atoms with van der Waals surface area (Å²) in [5, 5.41) is 7.57. The lowest BCUT2D eigenvalue weighted by Crippen LogP contribution is -2.24.